The van der Waals surface area contributed by atoms with E-state index in [0.717, 1.165) is 0 Å². The summed E-state index contributed by atoms with van der Waals surface area (Å²) in [6, 6.07) is 0. The average molecular weight is 1210 g/mol. The van der Waals surface area contributed by atoms with Crippen molar-refractivity contribution < 1.29 is 0 Å². The van der Waals surface area contributed by atoms with E-state index in [-0.39, 0.29) is 239 Å². The van der Waals surface area contributed by atoms with Crippen LogP contribution in [-0.2, 0) is 0 Å². The van der Waals surface area contributed by atoms with E-state index in [4.69, 9.17) is 0 Å². The molecular weight excluding hydrogens is 1190 g/mol. The topological polar surface area (TPSA) is 0 Å². The van der Waals surface area contributed by atoms with Crippen LogP contribution in [-0.4, -0.2) is 239 Å². The van der Waals surface area contributed by atoms with Crippen molar-refractivity contribution in [2.45, 2.75) is 0 Å². The summed E-state index contributed by atoms with van der Waals surface area (Å²) in [5, 5.41) is 0. The molecule has 0 atom stereocenters. The van der Waals surface area contributed by atoms with E-state index in [0.29, 0.717) is 0 Å². The van der Waals surface area contributed by atoms with E-state index in [9.17, 15) is 0 Å². The molecule has 0 aliphatic heterocycles. The summed E-state index contributed by atoms with van der Waals surface area (Å²) in [7, 11) is 0. The van der Waals surface area contributed by atoms with Gasteiger partial charge in [-0.25, -0.2) is 0 Å². The maximum absolute atomic E-state index is 0. The first-order valence-corrected chi connectivity index (χ1v) is 0. The van der Waals surface area contributed by atoms with Gasteiger partial charge < -0.3 is 0 Å². The molecular formula is H22Sn10. The summed E-state index contributed by atoms with van der Waals surface area (Å²) < 4.78 is 0. The zero-order valence-electron chi connectivity index (χ0n) is 7.66. The molecule has 0 aliphatic rings. The average Bonchev–Trinajstić information content (AvgIpc) is 0. The molecule has 0 saturated heterocycles. The van der Waals surface area contributed by atoms with Gasteiger partial charge in [0.15, 0.2) is 0 Å². The molecule has 62 valence electrons. The van der Waals surface area contributed by atoms with Crippen LogP contribution in [0, 0.1) is 0 Å². The second-order valence-electron chi connectivity index (χ2n) is 0. The normalized spacial score (nSPS) is 0. The molecule has 18 radical (unpaired) electrons. The van der Waals surface area contributed by atoms with E-state index in [1.165, 1.54) is 0 Å². The number of rotatable bonds is 0. The van der Waals surface area contributed by atoms with Crippen molar-refractivity contribution in [1.82, 2.24) is 0 Å². The molecule has 0 spiro atoms. The van der Waals surface area contributed by atoms with Gasteiger partial charge in [0.05, 0.1) is 0 Å². The van der Waals surface area contributed by atoms with Gasteiger partial charge >= 0.3 is 239 Å². The first-order valence-electron chi connectivity index (χ1n) is 0. The SMILES string of the molecule is [SnH2].[SnH2].[SnH2].[SnH2].[SnH2].[SnH2].[SnH2].[SnH2].[SnH3].[SnH3]. The molecule has 0 aromatic carbocycles. The Kier molecular flexibility index (Phi) is 554. The van der Waals surface area contributed by atoms with Crippen LogP contribution in [0.3, 0.4) is 0 Å². The summed E-state index contributed by atoms with van der Waals surface area (Å²) in [5.74, 6) is 0. The third-order valence-corrected chi connectivity index (χ3v) is 0. The van der Waals surface area contributed by atoms with Crippen LogP contribution < -0.4 is 0 Å². The monoisotopic (exact) mass is 1220 g/mol. The summed E-state index contributed by atoms with van der Waals surface area (Å²) in [6.07, 6.45) is 0. The second kappa shape index (κ2) is 68.1. The molecule has 0 rings (SSSR count). The summed E-state index contributed by atoms with van der Waals surface area (Å²) in [6.45, 7) is 0. The molecule has 0 unspecified atom stereocenters. The van der Waals surface area contributed by atoms with Gasteiger partial charge in [-0.05, 0) is 0 Å². The quantitative estimate of drug-likeness (QED) is 0.212. The van der Waals surface area contributed by atoms with Gasteiger partial charge in [-0.3, -0.25) is 0 Å². The van der Waals surface area contributed by atoms with E-state index < -0.39 is 0 Å². The van der Waals surface area contributed by atoms with Crippen LogP contribution in [0.5, 0.6) is 0 Å². The Morgan fingerprint density at radius 2 is 0.200 bits per heavy atom. The van der Waals surface area contributed by atoms with Crippen molar-refractivity contribution in [2.75, 3.05) is 0 Å². The molecule has 0 heterocycles. The maximum atomic E-state index is 0. The van der Waals surface area contributed by atoms with Crippen LogP contribution in [0.2, 0.25) is 0 Å². The predicted octanol–water partition coefficient (Wildman–Crippen LogP) is -9.70. The van der Waals surface area contributed by atoms with E-state index in [2.05, 4.69) is 0 Å². The third-order valence-electron chi connectivity index (χ3n) is 0. The van der Waals surface area contributed by atoms with Gasteiger partial charge in [-0.2, -0.15) is 0 Å². The van der Waals surface area contributed by atoms with Gasteiger partial charge in [-0.1, -0.05) is 0 Å². The summed E-state index contributed by atoms with van der Waals surface area (Å²) in [4.78, 5) is 0. The molecule has 10 heteroatoms. The fraction of sp³-hybridized carbons (Fsp3) is 0. The Bertz CT molecular complexity index is 0. The fourth-order valence-electron chi connectivity index (χ4n) is 0. The Hall–Kier alpha value is 7.99. The standard InChI is InChI=1S/10Sn.22H. The van der Waals surface area contributed by atoms with Gasteiger partial charge in [0.25, 0.3) is 0 Å². The predicted molar refractivity (Wildman–Crippen MR) is 88.2 cm³/mol. The number of hydrogen-bond acceptors (Lipinski definition) is 0. The molecule has 0 amide bonds. The minimum absolute atomic E-state index is 0. The van der Waals surface area contributed by atoms with E-state index >= 15 is 0 Å². The van der Waals surface area contributed by atoms with Crippen molar-refractivity contribution in [3.05, 3.63) is 0 Å². The van der Waals surface area contributed by atoms with Crippen LogP contribution in [0.4, 0.5) is 0 Å². The van der Waals surface area contributed by atoms with Gasteiger partial charge in [0.2, 0.25) is 0 Å². The number of hydrogen-bond donors (Lipinski definition) is 0. The van der Waals surface area contributed by atoms with Crippen molar-refractivity contribution in [1.29, 1.82) is 0 Å². The zero-order chi connectivity index (χ0) is 0. The third kappa shape index (κ3) is 56.3. The van der Waals surface area contributed by atoms with Gasteiger partial charge in [0, 0.05) is 0 Å². The Balaban J connectivity index is 0. The van der Waals surface area contributed by atoms with Crippen molar-refractivity contribution in [3.8, 4) is 0 Å². The van der Waals surface area contributed by atoms with Crippen molar-refractivity contribution >= 4 is 239 Å². The first kappa shape index (κ1) is 81.4. The van der Waals surface area contributed by atoms with Gasteiger partial charge in [-0.15, -0.1) is 0 Å². The molecule has 0 fully saturated rings. The Morgan fingerprint density at radius 3 is 0.200 bits per heavy atom. The molecule has 0 aliphatic carbocycles. The van der Waals surface area contributed by atoms with Crippen molar-refractivity contribution in [3.63, 3.8) is 0 Å². The zero-order valence-corrected chi connectivity index (χ0v) is 51.4. The molecule has 0 bridgehead atoms. The molecule has 0 N–H and O–H groups in total. The van der Waals surface area contributed by atoms with Crippen molar-refractivity contribution in [2.24, 2.45) is 0 Å². The summed E-state index contributed by atoms with van der Waals surface area (Å²) >= 11 is 0. The first-order chi connectivity index (χ1) is 0. The molecule has 0 saturated carbocycles. The van der Waals surface area contributed by atoms with Crippen LogP contribution in [0.15, 0.2) is 0 Å². The second-order valence-corrected chi connectivity index (χ2v) is 0. The minimum atomic E-state index is 0. The van der Waals surface area contributed by atoms with Crippen LogP contribution >= 0.6 is 0 Å². The molecule has 0 aromatic heterocycles. The van der Waals surface area contributed by atoms with E-state index in [1.807, 2.05) is 0 Å². The molecule has 10 heavy (non-hydrogen) atoms. The van der Waals surface area contributed by atoms with E-state index in [1.54, 1.807) is 0 Å². The molecule has 0 aromatic rings. The Labute approximate surface area is 232 Å². The molecule has 0 nitrogen and oxygen atoms in total. The van der Waals surface area contributed by atoms with Gasteiger partial charge in [0.1, 0.15) is 0 Å². The Morgan fingerprint density at radius 1 is 0.200 bits per heavy atom. The van der Waals surface area contributed by atoms with Crippen LogP contribution in [0.25, 0.3) is 0 Å². The van der Waals surface area contributed by atoms with Crippen LogP contribution in [0.1, 0.15) is 0 Å². The summed E-state index contributed by atoms with van der Waals surface area (Å²) in [5.41, 5.74) is 0. The fourth-order valence-corrected chi connectivity index (χ4v) is 0.